The summed E-state index contributed by atoms with van der Waals surface area (Å²) in [6.45, 7) is 5.52. The van der Waals surface area contributed by atoms with E-state index in [0.717, 1.165) is 26.3 Å². The number of halogens is 1. The molecule has 11 nitrogen and oxygen atoms in total. The molecule has 0 amide bonds. The summed E-state index contributed by atoms with van der Waals surface area (Å²) < 4.78 is 27.4. The van der Waals surface area contributed by atoms with Gasteiger partial charge in [0.15, 0.2) is 24.1 Å². The van der Waals surface area contributed by atoms with Crippen LogP contribution in [0, 0.1) is 0 Å². The normalized spacial score (nSPS) is 24.1. The summed E-state index contributed by atoms with van der Waals surface area (Å²) in [5.41, 5.74) is -0.478. The van der Waals surface area contributed by atoms with Gasteiger partial charge in [-0.1, -0.05) is 35.9 Å². The van der Waals surface area contributed by atoms with E-state index in [2.05, 4.69) is 0 Å². The maximum absolute atomic E-state index is 12.3. The zero-order valence-corrected chi connectivity index (χ0v) is 23.2. The second kappa shape index (κ2) is 13.1. The van der Waals surface area contributed by atoms with Crippen LogP contribution < -0.4 is 4.74 Å². The fraction of sp³-hybridized carbons (Fsp3) is 0.429. The van der Waals surface area contributed by atoms with E-state index in [1.807, 2.05) is 31.2 Å². The van der Waals surface area contributed by atoms with Gasteiger partial charge in [0.2, 0.25) is 0 Å². The number of carboxylic acid groups (broad SMARTS) is 1. The molecule has 12 heteroatoms. The molecule has 5 atom stereocenters. The first-order chi connectivity index (χ1) is 18.9. The van der Waals surface area contributed by atoms with Crippen molar-refractivity contribution in [3.63, 3.8) is 0 Å². The SMILES string of the molecule is CCOc1ccc(Cc2cc([C@@H]3OC(O)[C@@H](OC(C)=O)[C@H](OC(C)=O)[C@@]3(CC(=O)O)OC(C)=O)ccc2Cl)cc1. The number of ether oxygens (including phenoxy) is 5. The molecule has 216 valence electrons. The zero-order chi connectivity index (χ0) is 29.6. The number of esters is 3. The molecule has 1 fully saturated rings. The van der Waals surface area contributed by atoms with Crippen LogP contribution >= 0.6 is 11.6 Å². The lowest BCUT2D eigenvalue weighted by atomic mass is 9.77. The highest BCUT2D eigenvalue weighted by molar-refractivity contribution is 6.31. The number of carboxylic acids is 1. The quantitative estimate of drug-likeness (QED) is 0.315. The molecule has 40 heavy (non-hydrogen) atoms. The molecule has 0 bridgehead atoms. The zero-order valence-electron chi connectivity index (χ0n) is 22.4. The average Bonchev–Trinajstić information content (AvgIpc) is 2.85. The van der Waals surface area contributed by atoms with Crippen LogP contribution in [0.3, 0.4) is 0 Å². The predicted octanol–water partition coefficient (Wildman–Crippen LogP) is 3.36. The molecule has 2 aromatic carbocycles. The van der Waals surface area contributed by atoms with Crippen LogP contribution in [0.2, 0.25) is 5.02 Å². The Morgan fingerprint density at radius 2 is 1.62 bits per heavy atom. The topological polar surface area (TPSA) is 155 Å². The molecule has 2 N–H and O–H groups in total. The molecular formula is C28H31ClO11. The molecule has 0 radical (unpaired) electrons. The Hall–Kier alpha value is -3.67. The lowest BCUT2D eigenvalue weighted by molar-refractivity contribution is -0.325. The average molecular weight is 579 g/mol. The number of aliphatic carboxylic acids is 1. The number of aliphatic hydroxyl groups is 1. The second-order valence-electron chi connectivity index (χ2n) is 9.23. The van der Waals surface area contributed by atoms with Crippen molar-refractivity contribution in [2.75, 3.05) is 6.61 Å². The first-order valence-electron chi connectivity index (χ1n) is 12.5. The van der Waals surface area contributed by atoms with Gasteiger partial charge >= 0.3 is 23.9 Å². The number of carbonyl (C=O) groups is 4. The van der Waals surface area contributed by atoms with Crippen molar-refractivity contribution >= 4 is 35.5 Å². The minimum Gasteiger partial charge on any atom is -0.494 e. The fourth-order valence-corrected chi connectivity index (χ4v) is 4.94. The Morgan fingerprint density at radius 3 is 2.17 bits per heavy atom. The lowest BCUT2D eigenvalue weighted by Crippen LogP contribution is -2.66. The Bertz CT molecular complexity index is 1230. The molecule has 0 aromatic heterocycles. The highest BCUT2D eigenvalue weighted by Crippen LogP contribution is 2.47. The van der Waals surface area contributed by atoms with Gasteiger partial charge in [0.05, 0.1) is 13.0 Å². The van der Waals surface area contributed by atoms with E-state index in [1.165, 1.54) is 6.07 Å². The van der Waals surface area contributed by atoms with Crippen molar-refractivity contribution in [3.8, 4) is 5.75 Å². The van der Waals surface area contributed by atoms with Crippen LogP contribution in [0.5, 0.6) is 5.75 Å². The first kappa shape index (κ1) is 30.9. The molecule has 2 aromatic rings. The molecule has 1 aliphatic rings. The largest absolute Gasteiger partial charge is 0.494 e. The monoisotopic (exact) mass is 578 g/mol. The molecule has 1 unspecified atom stereocenters. The summed E-state index contributed by atoms with van der Waals surface area (Å²) in [6.07, 6.45) is -7.36. The molecular weight excluding hydrogens is 548 g/mol. The van der Waals surface area contributed by atoms with Crippen LogP contribution in [0.15, 0.2) is 42.5 Å². The smallest absolute Gasteiger partial charge is 0.307 e. The van der Waals surface area contributed by atoms with Crippen molar-refractivity contribution in [2.24, 2.45) is 0 Å². The summed E-state index contributed by atoms with van der Waals surface area (Å²) in [7, 11) is 0. The third-order valence-corrected chi connectivity index (χ3v) is 6.51. The van der Waals surface area contributed by atoms with E-state index in [-0.39, 0.29) is 5.56 Å². The van der Waals surface area contributed by atoms with Crippen LogP contribution in [-0.2, 0) is 44.5 Å². The number of hydrogen-bond acceptors (Lipinski definition) is 10. The third-order valence-electron chi connectivity index (χ3n) is 6.14. The van der Waals surface area contributed by atoms with Crippen molar-refractivity contribution in [1.29, 1.82) is 0 Å². The van der Waals surface area contributed by atoms with Gasteiger partial charge in [-0.25, -0.2) is 0 Å². The number of rotatable bonds is 10. The van der Waals surface area contributed by atoms with E-state index in [4.69, 9.17) is 35.3 Å². The molecule has 0 aliphatic carbocycles. The molecule has 0 spiro atoms. The van der Waals surface area contributed by atoms with E-state index < -0.39 is 60.5 Å². The van der Waals surface area contributed by atoms with Crippen LogP contribution in [0.1, 0.15) is 56.9 Å². The van der Waals surface area contributed by atoms with Gasteiger partial charge in [-0.05, 0) is 48.2 Å². The molecule has 1 saturated heterocycles. The maximum atomic E-state index is 12.3. The van der Waals surface area contributed by atoms with Gasteiger partial charge in [-0.15, -0.1) is 0 Å². The number of benzene rings is 2. The highest BCUT2D eigenvalue weighted by atomic mass is 35.5. The summed E-state index contributed by atoms with van der Waals surface area (Å²) in [5, 5.41) is 21.1. The van der Waals surface area contributed by atoms with Gasteiger partial charge in [0, 0.05) is 25.8 Å². The van der Waals surface area contributed by atoms with Crippen molar-refractivity contribution < 1.29 is 53.1 Å². The lowest BCUT2D eigenvalue weighted by Gasteiger charge is -2.50. The van der Waals surface area contributed by atoms with E-state index in [9.17, 15) is 29.4 Å². The van der Waals surface area contributed by atoms with E-state index in [0.29, 0.717) is 29.4 Å². The van der Waals surface area contributed by atoms with Crippen LogP contribution in [0.25, 0.3) is 0 Å². The van der Waals surface area contributed by atoms with Gasteiger partial charge in [0.1, 0.15) is 11.9 Å². The fourth-order valence-electron chi connectivity index (χ4n) is 4.76. The van der Waals surface area contributed by atoms with Gasteiger partial charge in [-0.2, -0.15) is 0 Å². The minimum absolute atomic E-state index is 0.269. The molecule has 3 rings (SSSR count). The van der Waals surface area contributed by atoms with Gasteiger partial charge in [-0.3, -0.25) is 19.2 Å². The highest BCUT2D eigenvalue weighted by Gasteiger charge is 2.63. The maximum Gasteiger partial charge on any atom is 0.307 e. The van der Waals surface area contributed by atoms with Crippen LogP contribution in [0.4, 0.5) is 0 Å². The number of carbonyl (C=O) groups excluding carboxylic acids is 3. The summed E-state index contributed by atoms with van der Waals surface area (Å²) in [6, 6.07) is 12.0. The van der Waals surface area contributed by atoms with Crippen molar-refractivity contribution in [3.05, 3.63) is 64.2 Å². The Balaban J connectivity index is 2.14. The molecule has 1 heterocycles. The Morgan fingerprint density at radius 1 is 0.975 bits per heavy atom. The Kier molecular flexibility index (Phi) is 10.1. The molecule has 1 aliphatic heterocycles. The van der Waals surface area contributed by atoms with Gasteiger partial charge < -0.3 is 33.9 Å². The first-order valence-corrected chi connectivity index (χ1v) is 12.8. The third kappa shape index (κ3) is 7.29. The summed E-state index contributed by atoms with van der Waals surface area (Å²) in [5.74, 6) is -3.43. The Labute approximate surface area is 235 Å². The van der Waals surface area contributed by atoms with Crippen molar-refractivity contribution in [1.82, 2.24) is 0 Å². The molecule has 0 saturated carbocycles. The number of hydrogen-bond donors (Lipinski definition) is 2. The standard InChI is InChI=1S/C28H31ClO11/c1-5-36-21-9-6-18(7-10-21)12-20-13-19(8-11-22(20)29)25-28(14-23(33)34,40-17(4)32)26(38-16(3)31)24(27(35)39-25)37-15(2)30/h6-11,13,24-27,35H,5,12,14H2,1-4H3,(H,33,34)/t24-,25-,26-,27?,28-/m0/s1. The number of aliphatic hydroxyl groups excluding tert-OH is 1. The van der Waals surface area contributed by atoms with Crippen LogP contribution in [-0.4, -0.2) is 64.8 Å². The predicted molar refractivity (Wildman–Crippen MR) is 140 cm³/mol. The van der Waals surface area contributed by atoms with E-state index in [1.54, 1.807) is 12.1 Å². The summed E-state index contributed by atoms with van der Waals surface area (Å²) in [4.78, 5) is 48.4. The second-order valence-corrected chi connectivity index (χ2v) is 9.64. The van der Waals surface area contributed by atoms with E-state index >= 15 is 0 Å². The van der Waals surface area contributed by atoms with Crippen molar-refractivity contribution in [2.45, 2.75) is 70.7 Å². The van der Waals surface area contributed by atoms with Gasteiger partial charge in [0.25, 0.3) is 0 Å². The minimum atomic E-state index is -2.24. The summed E-state index contributed by atoms with van der Waals surface area (Å²) >= 11 is 6.49.